The summed E-state index contributed by atoms with van der Waals surface area (Å²) in [4.78, 5) is 7.42. The lowest BCUT2D eigenvalue weighted by Crippen LogP contribution is -2.19. The number of nitrogens with zero attached hydrogens (tertiary/aromatic N) is 1. The molecule has 2 aromatic carbocycles. The van der Waals surface area contributed by atoms with Crippen molar-refractivity contribution in [3.05, 3.63) is 96.1 Å². The zero-order valence-corrected chi connectivity index (χ0v) is 13.9. The quantitative estimate of drug-likeness (QED) is 0.585. The number of phenolic OH excluding ortho intramolecular Hbond substituents is 1. The molecule has 0 fully saturated rings. The molecule has 128 valence electrons. The molecule has 2 aromatic heterocycles. The number of aromatic hydroxyl groups is 1. The Labute approximate surface area is 150 Å². The summed E-state index contributed by atoms with van der Waals surface area (Å²) in [7, 11) is 0. The number of hydrogen-bond donors (Lipinski definition) is 2. The highest BCUT2D eigenvalue weighted by molar-refractivity contribution is 5.85. The molecule has 0 saturated carbocycles. The van der Waals surface area contributed by atoms with Gasteiger partial charge in [0.05, 0.1) is 6.20 Å². The van der Waals surface area contributed by atoms with E-state index in [-0.39, 0.29) is 17.6 Å². The summed E-state index contributed by atoms with van der Waals surface area (Å²) in [5, 5.41) is 15.1. The topological polar surface area (TPSA) is 59.3 Å². The number of halogens is 1. The van der Waals surface area contributed by atoms with E-state index in [0.717, 1.165) is 16.8 Å². The van der Waals surface area contributed by atoms with Gasteiger partial charge in [0.2, 0.25) is 0 Å². The van der Waals surface area contributed by atoms with Crippen molar-refractivity contribution in [2.24, 2.45) is 0 Å². The maximum Gasteiger partial charge on any atom is 0.272 e. The molecule has 4 aromatic rings. The largest absolute Gasteiger partial charge is 0.505 e. The van der Waals surface area contributed by atoms with Gasteiger partial charge in [0, 0.05) is 28.8 Å². The number of phenols is 1. The van der Waals surface area contributed by atoms with Crippen LogP contribution in [0.5, 0.6) is 5.75 Å². The third kappa shape index (κ3) is 3.07. The van der Waals surface area contributed by atoms with Crippen molar-refractivity contribution in [3.63, 3.8) is 0 Å². The maximum atomic E-state index is 13.4. The highest BCUT2D eigenvalue weighted by Crippen LogP contribution is 2.35. The first kappa shape index (κ1) is 16.0. The first-order valence-corrected chi connectivity index (χ1v) is 8.28. The summed E-state index contributed by atoms with van der Waals surface area (Å²) in [6.07, 6.45) is 3.46. The minimum atomic E-state index is -0.374. The van der Waals surface area contributed by atoms with Crippen LogP contribution in [-0.2, 0) is 0 Å². The van der Waals surface area contributed by atoms with Gasteiger partial charge in [0.1, 0.15) is 23.1 Å². The summed E-state index contributed by atoms with van der Waals surface area (Å²) in [6, 6.07) is 19.1. The Morgan fingerprint density at radius 1 is 0.962 bits per heavy atom. The molecule has 0 aliphatic carbocycles. The van der Waals surface area contributed by atoms with Crippen LogP contribution in [0.25, 0.3) is 10.9 Å². The molecular formula is C21H17FN3O+. The van der Waals surface area contributed by atoms with Crippen molar-refractivity contribution in [2.75, 3.05) is 5.32 Å². The van der Waals surface area contributed by atoms with Gasteiger partial charge >= 0.3 is 0 Å². The molecule has 0 amide bonds. The van der Waals surface area contributed by atoms with Gasteiger partial charge in [0.15, 0.2) is 0 Å². The standard InChI is InChI=1S/C21H16FN3O/c22-16-9-6-15(7-10-16)19(25-18-5-1-2-12-23-18)17-11-8-14-4-3-13-24-20(14)21(17)26/h1-13,19,26H,(H,23,25)/p+1/t19-/m0/s1. The molecule has 0 saturated heterocycles. The van der Waals surface area contributed by atoms with Crippen molar-refractivity contribution < 1.29 is 14.5 Å². The van der Waals surface area contributed by atoms with Gasteiger partial charge in [-0.05, 0) is 30.3 Å². The Kier molecular flexibility index (Phi) is 4.19. The molecule has 3 N–H and O–H groups in total. The lowest BCUT2D eigenvalue weighted by atomic mass is 9.96. The third-order valence-corrected chi connectivity index (χ3v) is 4.30. The summed E-state index contributed by atoms with van der Waals surface area (Å²) in [5.74, 6) is 0.589. The monoisotopic (exact) mass is 346 g/mol. The minimum Gasteiger partial charge on any atom is -0.505 e. The highest BCUT2D eigenvalue weighted by atomic mass is 19.1. The predicted octanol–water partition coefficient (Wildman–Crippen LogP) is 4.10. The van der Waals surface area contributed by atoms with E-state index in [1.807, 2.05) is 48.7 Å². The number of fused-ring (bicyclic) bond motifs is 1. The zero-order valence-electron chi connectivity index (χ0n) is 13.9. The van der Waals surface area contributed by atoms with Crippen molar-refractivity contribution in [1.82, 2.24) is 4.98 Å². The van der Waals surface area contributed by atoms with Gasteiger partial charge in [-0.25, -0.2) is 9.37 Å². The van der Waals surface area contributed by atoms with E-state index >= 15 is 0 Å². The van der Waals surface area contributed by atoms with Crippen LogP contribution in [0.2, 0.25) is 0 Å². The number of rotatable bonds is 4. The van der Waals surface area contributed by atoms with E-state index in [1.54, 1.807) is 18.3 Å². The summed E-state index contributed by atoms with van der Waals surface area (Å²) < 4.78 is 13.4. The Balaban J connectivity index is 1.84. The van der Waals surface area contributed by atoms with Crippen LogP contribution < -0.4 is 10.3 Å². The van der Waals surface area contributed by atoms with E-state index in [0.29, 0.717) is 11.1 Å². The van der Waals surface area contributed by atoms with Gasteiger partial charge in [-0.2, -0.15) is 0 Å². The lowest BCUT2D eigenvalue weighted by Gasteiger charge is -2.17. The van der Waals surface area contributed by atoms with E-state index in [2.05, 4.69) is 15.3 Å². The Hall–Kier alpha value is -3.47. The minimum absolute atomic E-state index is 0.112. The van der Waals surface area contributed by atoms with Crippen molar-refractivity contribution in [2.45, 2.75) is 6.04 Å². The van der Waals surface area contributed by atoms with E-state index in [9.17, 15) is 9.50 Å². The first-order valence-electron chi connectivity index (χ1n) is 8.28. The molecule has 2 heterocycles. The van der Waals surface area contributed by atoms with Crippen molar-refractivity contribution in [3.8, 4) is 5.75 Å². The van der Waals surface area contributed by atoms with Crippen LogP contribution in [-0.4, -0.2) is 10.1 Å². The SMILES string of the molecule is Oc1c([C@@H](Nc2cccc[nH+]2)c2ccc(F)cc2)ccc2cccnc12. The Morgan fingerprint density at radius 2 is 1.81 bits per heavy atom. The summed E-state index contributed by atoms with van der Waals surface area (Å²) >= 11 is 0. The molecule has 0 spiro atoms. The number of aromatic amines is 1. The predicted molar refractivity (Wildman–Crippen MR) is 98.3 cm³/mol. The molecule has 4 rings (SSSR count). The van der Waals surface area contributed by atoms with Crippen molar-refractivity contribution in [1.29, 1.82) is 0 Å². The fraction of sp³-hybridized carbons (Fsp3) is 0.0476. The normalized spacial score (nSPS) is 12.0. The average molecular weight is 346 g/mol. The van der Waals surface area contributed by atoms with Crippen molar-refractivity contribution >= 4 is 16.7 Å². The average Bonchev–Trinajstić information content (AvgIpc) is 2.69. The van der Waals surface area contributed by atoms with Gasteiger partial charge in [0.25, 0.3) is 5.82 Å². The number of nitrogens with one attached hydrogen (secondary N) is 2. The van der Waals surface area contributed by atoms with Crippen LogP contribution in [0.15, 0.2) is 79.1 Å². The molecular weight excluding hydrogens is 329 g/mol. The van der Waals surface area contributed by atoms with Gasteiger partial charge in [-0.1, -0.05) is 30.3 Å². The smallest absolute Gasteiger partial charge is 0.272 e. The lowest BCUT2D eigenvalue weighted by molar-refractivity contribution is -0.361. The van der Waals surface area contributed by atoms with Gasteiger partial charge < -0.3 is 5.11 Å². The third-order valence-electron chi connectivity index (χ3n) is 4.30. The maximum absolute atomic E-state index is 13.4. The molecule has 0 aliphatic heterocycles. The molecule has 0 aliphatic rings. The second kappa shape index (κ2) is 6.80. The molecule has 26 heavy (non-hydrogen) atoms. The van der Waals surface area contributed by atoms with E-state index in [1.165, 1.54) is 12.1 Å². The molecule has 4 nitrogen and oxygen atoms in total. The fourth-order valence-electron chi connectivity index (χ4n) is 3.01. The second-order valence-corrected chi connectivity index (χ2v) is 5.98. The number of anilines is 1. The molecule has 0 radical (unpaired) electrons. The molecule has 5 heteroatoms. The van der Waals surface area contributed by atoms with Crippen LogP contribution in [0.1, 0.15) is 17.2 Å². The second-order valence-electron chi connectivity index (χ2n) is 5.98. The van der Waals surface area contributed by atoms with Gasteiger partial charge in [-0.15, -0.1) is 0 Å². The number of H-pyrrole nitrogens is 1. The highest BCUT2D eigenvalue weighted by Gasteiger charge is 2.24. The zero-order chi connectivity index (χ0) is 17.9. The molecule has 1 atom stereocenters. The fourth-order valence-corrected chi connectivity index (χ4v) is 3.01. The summed E-state index contributed by atoms with van der Waals surface area (Å²) in [6.45, 7) is 0. The Bertz CT molecular complexity index is 1040. The molecule has 0 bridgehead atoms. The number of benzene rings is 2. The number of hydrogen-bond acceptors (Lipinski definition) is 3. The van der Waals surface area contributed by atoms with Crippen LogP contribution in [0.4, 0.5) is 10.2 Å². The molecule has 0 unspecified atom stereocenters. The Morgan fingerprint density at radius 3 is 2.58 bits per heavy atom. The van der Waals surface area contributed by atoms with Gasteiger partial charge in [-0.3, -0.25) is 10.3 Å². The van der Waals surface area contributed by atoms with E-state index in [4.69, 9.17) is 0 Å². The van der Waals surface area contributed by atoms with Crippen LogP contribution in [0, 0.1) is 5.82 Å². The summed E-state index contributed by atoms with van der Waals surface area (Å²) in [5.41, 5.74) is 2.03. The number of pyridine rings is 2. The first-order chi connectivity index (χ1) is 12.7. The number of aromatic nitrogens is 2. The van der Waals surface area contributed by atoms with Crippen LogP contribution in [0.3, 0.4) is 0 Å². The van der Waals surface area contributed by atoms with Crippen LogP contribution >= 0.6 is 0 Å². The van der Waals surface area contributed by atoms with E-state index < -0.39 is 0 Å².